The van der Waals surface area contributed by atoms with E-state index in [0.717, 1.165) is 44.5 Å². The Morgan fingerprint density at radius 3 is 2.33 bits per heavy atom. The van der Waals surface area contributed by atoms with Crippen LogP contribution in [0, 0.1) is 0 Å². The van der Waals surface area contributed by atoms with E-state index in [0.29, 0.717) is 0 Å². The first-order valence-electron chi connectivity index (χ1n) is 6.01. The van der Waals surface area contributed by atoms with Gasteiger partial charge in [0.05, 0.1) is 0 Å². The Morgan fingerprint density at radius 2 is 1.78 bits per heavy atom. The molecule has 0 spiro atoms. The topological polar surface area (TPSA) is 86.7 Å². The molecule has 1 fully saturated rings. The first-order valence-corrected chi connectivity index (χ1v) is 6.01. The minimum Gasteiger partial charge on any atom is -0.478 e. The van der Waals surface area contributed by atoms with Crippen LogP contribution in [-0.2, 0) is 14.4 Å². The molecule has 1 rings (SSSR count). The zero-order valence-corrected chi connectivity index (χ0v) is 10.4. The molecule has 2 N–H and O–H groups in total. The van der Waals surface area contributed by atoms with E-state index in [1.807, 2.05) is 0 Å². The van der Waals surface area contributed by atoms with E-state index in [1.54, 1.807) is 11.8 Å². The smallest absolute Gasteiger partial charge is 0.328 e. The summed E-state index contributed by atoms with van der Waals surface area (Å²) in [6.45, 7) is 3.05. The third-order valence-corrected chi connectivity index (χ3v) is 2.77. The highest BCUT2D eigenvalue weighted by Crippen LogP contribution is 2.09. The summed E-state index contributed by atoms with van der Waals surface area (Å²) in [5.41, 5.74) is 0. The third-order valence-electron chi connectivity index (χ3n) is 2.77. The van der Waals surface area contributed by atoms with Crippen molar-refractivity contribution in [3.63, 3.8) is 0 Å². The zero-order valence-electron chi connectivity index (χ0n) is 10.4. The quantitative estimate of drug-likeness (QED) is 0.699. The molecule has 0 radical (unpaired) electrons. The second-order valence-corrected chi connectivity index (χ2v) is 4.29. The highest BCUT2D eigenvalue weighted by Gasteiger charge is 2.22. The Bertz CT molecular complexity index is 359. The van der Waals surface area contributed by atoms with Gasteiger partial charge in [0.1, 0.15) is 6.04 Å². The van der Waals surface area contributed by atoms with Crippen molar-refractivity contribution in [1.82, 2.24) is 10.2 Å². The number of carboxylic acid groups (broad SMARTS) is 1. The first-order chi connectivity index (χ1) is 8.50. The molecule has 1 saturated heterocycles. The predicted molar refractivity (Wildman–Crippen MR) is 64.8 cm³/mol. The number of carbonyl (C=O) groups excluding carboxylic acids is 2. The van der Waals surface area contributed by atoms with Crippen molar-refractivity contribution < 1.29 is 19.5 Å². The summed E-state index contributed by atoms with van der Waals surface area (Å²) in [7, 11) is 0. The van der Waals surface area contributed by atoms with Gasteiger partial charge in [-0.15, -0.1) is 0 Å². The van der Waals surface area contributed by atoms with Gasteiger partial charge in [-0.05, 0) is 26.2 Å². The molecule has 0 saturated carbocycles. The molecule has 0 aliphatic carbocycles. The van der Waals surface area contributed by atoms with Gasteiger partial charge < -0.3 is 15.3 Å². The summed E-state index contributed by atoms with van der Waals surface area (Å²) < 4.78 is 0. The van der Waals surface area contributed by atoms with Crippen LogP contribution in [0.4, 0.5) is 0 Å². The SMILES string of the molecule is CC(NC(=O)/C=C/C(=O)O)C(=O)N1CCCCC1. The predicted octanol–water partition coefficient (Wildman–Crippen LogP) is 0.144. The number of carbonyl (C=O) groups is 3. The van der Waals surface area contributed by atoms with Gasteiger partial charge in [0.2, 0.25) is 11.8 Å². The van der Waals surface area contributed by atoms with Crippen molar-refractivity contribution in [2.75, 3.05) is 13.1 Å². The number of nitrogens with zero attached hydrogens (tertiary/aromatic N) is 1. The van der Waals surface area contributed by atoms with Crippen molar-refractivity contribution in [1.29, 1.82) is 0 Å². The summed E-state index contributed by atoms with van der Waals surface area (Å²) in [5.74, 6) is -1.89. The summed E-state index contributed by atoms with van der Waals surface area (Å²) in [6, 6.07) is -0.631. The molecule has 1 heterocycles. The van der Waals surface area contributed by atoms with E-state index in [4.69, 9.17) is 5.11 Å². The molecule has 0 aromatic rings. The average Bonchev–Trinajstić information content (AvgIpc) is 2.36. The molecule has 0 aromatic heterocycles. The molecule has 6 nitrogen and oxygen atoms in total. The van der Waals surface area contributed by atoms with Crippen LogP contribution in [0.1, 0.15) is 26.2 Å². The summed E-state index contributed by atoms with van der Waals surface area (Å²) in [6.07, 6.45) is 4.76. The van der Waals surface area contributed by atoms with Gasteiger partial charge in [0.15, 0.2) is 0 Å². The van der Waals surface area contributed by atoms with Crippen LogP contribution < -0.4 is 5.32 Å². The van der Waals surface area contributed by atoms with Crippen LogP contribution in [-0.4, -0.2) is 46.9 Å². The van der Waals surface area contributed by atoms with Crippen LogP contribution >= 0.6 is 0 Å². The Hall–Kier alpha value is -1.85. The fraction of sp³-hybridized carbons (Fsp3) is 0.583. The Labute approximate surface area is 106 Å². The first kappa shape index (κ1) is 14.2. The fourth-order valence-electron chi connectivity index (χ4n) is 1.86. The van der Waals surface area contributed by atoms with Gasteiger partial charge in [-0.1, -0.05) is 0 Å². The lowest BCUT2D eigenvalue weighted by molar-refractivity contribution is -0.135. The zero-order chi connectivity index (χ0) is 13.5. The fourth-order valence-corrected chi connectivity index (χ4v) is 1.86. The molecule has 0 aromatic carbocycles. The molecule has 18 heavy (non-hydrogen) atoms. The van der Waals surface area contributed by atoms with E-state index < -0.39 is 17.9 Å². The second-order valence-electron chi connectivity index (χ2n) is 4.29. The van der Waals surface area contributed by atoms with Gasteiger partial charge in [0, 0.05) is 25.2 Å². The van der Waals surface area contributed by atoms with Gasteiger partial charge in [0.25, 0.3) is 0 Å². The number of piperidine rings is 1. The summed E-state index contributed by atoms with van der Waals surface area (Å²) >= 11 is 0. The lowest BCUT2D eigenvalue weighted by atomic mass is 10.1. The Morgan fingerprint density at radius 1 is 1.17 bits per heavy atom. The van der Waals surface area contributed by atoms with Crippen molar-refractivity contribution in [2.45, 2.75) is 32.2 Å². The number of carboxylic acids is 1. The van der Waals surface area contributed by atoms with Crippen LogP contribution in [0.25, 0.3) is 0 Å². The summed E-state index contributed by atoms with van der Waals surface area (Å²) in [4.78, 5) is 35.2. The molecule has 6 heteroatoms. The molecule has 1 unspecified atom stereocenters. The standard InChI is InChI=1S/C12H18N2O4/c1-9(13-10(15)5-6-11(16)17)12(18)14-7-3-2-4-8-14/h5-6,9H,2-4,7-8H2,1H3,(H,13,15)(H,16,17)/b6-5+. The van der Waals surface area contributed by atoms with E-state index in [2.05, 4.69) is 5.32 Å². The Balaban J connectivity index is 2.43. The van der Waals surface area contributed by atoms with Gasteiger partial charge in [-0.3, -0.25) is 9.59 Å². The Kier molecular flexibility index (Phi) is 5.35. The molecule has 2 amide bonds. The van der Waals surface area contributed by atoms with E-state index in [9.17, 15) is 14.4 Å². The molecule has 0 bridgehead atoms. The van der Waals surface area contributed by atoms with Gasteiger partial charge in [-0.2, -0.15) is 0 Å². The molecular formula is C12H18N2O4. The number of aliphatic carboxylic acids is 1. The largest absolute Gasteiger partial charge is 0.478 e. The normalized spacial score (nSPS) is 17.5. The third kappa shape index (κ3) is 4.57. The van der Waals surface area contributed by atoms with Gasteiger partial charge >= 0.3 is 5.97 Å². The average molecular weight is 254 g/mol. The van der Waals surface area contributed by atoms with Crippen molar-refractivity contribution in [3.05, 3.63) is 12.2 Å². The number of hydrogen-bond donors (Lipinski definition) is 2. The maximum Gasteiger partial charge on any atom is 0.328 e. The lowest BCUT2D eigenvalue weighted by Crippen LogP contribution is -2.48. The van der Waals surface area contributed by atoms with Crippen molar-refractivity contribution in [2.24, 2.45) is 0 Å². The van der Waals surface area contributed by atoms with Crippen molar-refractivity contribution >= 4 is 17.8 Å². The maximum absolute atomic E-state index is 11.9. The number of rotatable bonds is 4. The lowest BCUT2D eigenvalue weighted by Gasteiger charge is -2.29. The minimum atomic E-state index is -1.19. The van der Waals surface area contributed by atoms with Crippen LogP contribution in [0.2, 0.25) is 0 Å². The van der Waals surface area contributed by atoms with E-state index >= 15 is 0 Å². The van der Waals surface area contributed by atoms with E-state index in [-0.39, 0.29) is 5.91 Å². The highest BCUT2D eigenvalue weighted by atomic mass is 16.4. The number of amides is 2. The molecule has 1 aliphatic heterocycles. The number of likely N-dealkylation sites (tertiary alicyclic amines) is 1. The number of nitrogens with one attached hydrogen (secondary N) is 1. The van der Waals surface area contributed by atoms with Crippen LogP contribution in [0.3, 0.4) is 0 Å². The van der Waals surface area contributed by atoms with Crippen molar-refractivity contribution in [3.8, 4) is 0 Å². The number of hydrogen-bond acceptors (Lipinski definition) is 3. The highest BCUT2D eigenvalue weighted by molar-refractivity contribution is 5.96. The molecule has 100 valence electrons. The van der Waals surface area contributed by atoms with Crippen LogP contribution in [0.5, 0.6) is 0 Å². The summed E-state index contributed by atoms with van der Waals surface area (Å²) in [5, 5.41) is 10.8. The minimum absolute atomic E-state index is 0.119. The molecular weight excluding hydrogens is 236 g/mol. The molecule has 1 atom stereocenters. The second kappa shape index (κ2) is 6.78. The monoisotopic (exact) mass is 254 g/mol. The molecule has 1 aliphatic rings. The van der Waals surface area contributed by atoms with E-state index in [1.165, 1.54) is 0 Å². The van der Waals surface area contributed by atoms with Gasteiger partial charge in [-0.25, -0.2) is 4.79 Å². The van der Waals surface area contributed by atoms with Crippen LogP contribution in [0.15, 0.2) is 12.2 Å². The maximum atomic E-state index is 11.9.